The molecular weight excluding hydrogens is 274 g/mol. The van der Waals surface area contributed by atoms with E-state index in [2.05, 4.69) is 29.5 Å². The van der Waals surface area contributed by atoms with E-state index >= 15 is 0 Å². The van der Waals surface area contributed by atoms with Crippen LogP contribution in [0.5, 0.6) is 0 Å². The van der Waals surface area contributed by atoms with E-state index < -0.39 is 17.4 Å². The van der Waals surface area contributed by atoms with Crippen molar-refractivity contribution in [3.05, 3.63) is 0 Å². The van der Waals surface area contributed by atoms with Crippen molar-refractivity contribution in [1.82, 2.24) is 15.5 Å². The molecule has 4 unspecified atom stereocenters. The molecule has 2 heterocycles. The van der Waals surface area contributed by atoms with Crippen molar-refractivity contribution in [2.75, 3.05) is 33.4 Å². The average molecular weight is 299 g/mol. The number of piperidine rings is 1. The van der Waals surface area contributed by atoms with Crippen molar-refractivity contribution < 1.29 is 19.4 Å². The Morgan fingerprint density at radius 3 is 2.71 bits per heavy atom. The summed E-state index contributed by atoms with van der Waals surface area (Å²) in [6.45, 7) is 5.97. The number of hydrogen-bond donors (Lipinski definition) is 3. The Labute approximate surface area is 125 Å². The summed E-state index contributed by atoms with van der Waals surface area (Å²) in [6.07, 6.45) is 0.905. The van der Waals surface area contributed by atoms with Gasteiger partial charge >= 0.3 is 12.0 Å². The molecule has 2 fully saturated rings. The van der Waals surface area contributed by atoms with Gasteiger partial charge in [0.1, 0.15) is 5.41 Å². The summed E-state index contributed by atoms with van der Waals surface area (Å²) in [5, 5.41) is 15.0. The molecule has 0 spiro atoms. The second-order valence-electron chi connectivity index (χ2n) is 6.54. The van der Waals surface area contributed by atoms with Crippen LogP contribution in [0, 0.1) is 11.3 Å². The van der Waals surface area contributed by atoms with Crippen LogP contribution in [0.4, 0.5) is 4.79 Å². The minimum Gasteiger partial charge on any atom is -0.481 e. The van der Waals surface area contributed by atoms with Gasteiger partial charge in [-0.3, -0.25) is 4.79 Å². The monoisotopic (exact) mass is 299 g/mol. The van der Waals surface area contributed by atoms with Crippen LogP contribution in [-0.4, -0.2) is 67.4 Å². The van der Waals surface area contributed by atoms with Crippen LogP contribution < -0.4 is 10.6 Å². The number of nitrogens with one attached hydrogen (secondary N) is 2. The minimum absolute atomic E-state index is 0.123. The third-order valence-electron chi connectivity index (χ3n) is 4.67. The van der Waals surface area contributed by atoms with Crippen molar-refractivity contribution in [1.29, 1.82) is 0 Å². The topological polar surface area (TPSA) is 90.9 Å². The molecule has 0 aromatic carbocycles. The maximum absolute atomic E-state index is 12.1. The Morgan fingerprint density at radius 1 is 1.38 bits per heavy atom. The smallest absolute Gasteiger partial charge is 0.315 e. The molecule has 0 aromatic rings. The molecule has 0 radical (unpaired) electrons. The lowest BCUT2D eigenvalue weighted by atomic mass is 9.85. The fourth-order valence-electron chi connectivity index (χ4n) is 3.02. The molecule has 7 heteroatoms. The summed E-state index contributed by atoms with van der Waals surface area (Å²) in [5.74, 6) is -0.571. The molecular formula is C14H25N3O4. The number of carbonyl (C=O) groups is 2. The Bertz CT molecular complexity index is 417. The number of ether oxygens (including phenoxy) is 1. The molecule has 0 bridgehead atoms. The lowest BCUT2D eigenvalue weighted by Gasteiger charge is -2.35. The highest BCUT2D eigenvalue weighted by molar-refractivity contribution is 5.79. The van der Waals surface area contributed by atoms with E-state index in [0.29, 0.717) is 5.92 Å². The van der Waals surface area contributed by atoms with Gasteiger partial charge in [0.05, 0.1) is 19.3 Å². The van der Waals surface area contributed by atoms with Crippen molar-refractivity contribution in [2.45, 2.75) is 32.4 Å². The number of carboxylic acids is 1. The van der Waals surface area contributed by atoms with Crippen LogP contribution in [0.2, 0.25) is 0 Å². The molecule has 3 N–H and O–H groups in total. The van der Waals surface area contributed by atoms with E-state index in [1.807, 2.05) is 0 Å². The van der Waals surface area contributed by atoms with E-state index in [-0.39, 0.29) is 25.3 Å². The van der Waals surface area contributed by atoms with Crippen molar-refractivity contribution in [3.8, 4) is 0 Å². The third kappa shape index (κ3) is 3.47. The van der Waals surface area contributed by atoms with Gasteiger partial charge in [0, 0.05) is 12.6 Å². The van der Waals surface area contributed by atoms with Crippen molar-refractivity contribution in [3.63, 3.8) is 0 Å². The van der Waals surface area contributed by atoms with Gasteiger partial charge < -0.3 is 25.4 Å². The molecule has 0 saturated carbocycles. The van der Waals surface area contributed by atoms with Gasteiger partial charge in [-0.1, -0.05) is 6.92 Å². The normalized spacial score (nSPS) is 37.2. The van der Waals surface area contributed by atoms with Crippen molar-refractivity contribution in [2.24, 2.45) is 11.3 Å². The van der Waals surface area contributed by atoms with E-state index in [1.165, 1.54) is 0 Å². The number of rotatable bonds is 3. The summed E-state index contributed by atoms with van der Waals surface area (Å²) in [6, 6.07) is -0.685. The number of aliphatic carboxylic acids is 1. The minimum atomic E-state index is -1.06. The Hall–Kier alpha value is -1.34. The fraction of sp³-hybridized carbons (Fsp3) is 0.857. The average Bonchev–Trinajstić information content (AvgIpc) is 2.76. The van der Waals surface area contributed by atoms with Crippen LogP contribution >= 0.6 is 0 Å². The zero-order valence-corrected chi connectivity index (χ0v) is 12.9. The highest BCUT2D eigenvalue weighted by Gasteiger charge is 2.47. The van der Waals surface area contributed by atoms with Crippen LogP contribution in [0.25, 0.3) is 0 Å². The Balaban J connectivity index is 1.88. The second kappa shape index (κ2) is 6.19. The van der Waals surface area contributed by atoms with Gasteiger partial charge in [0.25, 0.3) is 0 Å². The van der Waals surface area contributed by atoms with Gasteiger partial charge in [-0.05, 0) is 32.9 Å². The summed E-state index contributed by atoms with van der Waals surface area (Å²) in [7, 11) is 2.07. The van der Waals surface area contributed by atoms with Crippen LogP contribution in [0.3, 0.4) is 0 Å². The first-order valence-corrected chi connectivity index (χ1v) is 7.39. The second-order valence-corrected chi connectivity index (χ2v) is 6.54. The maximum Gasteiger partial charge on any atom is 0.315 e. The van der Waals surface area contributed by atoms with Gasteiger partial charge in [-0.2, -0.15) is 0 Å². The highest BCUT2D eigenvalue weighted by Crippen LogP contribution is 2.28. The summed E-state index contributed by atoms with van der Waals surface area (Å²) in [5.41, 5.74) is -1.06. The first kappa shape index (κ1) is 16.0. The van der Waals surface area contributed by atoms with Crippen molar-refractivity contribution >= 4 is 12.0 Å². The molecule has 2 amide bonds. The molecule has 120 valence electrons. The lowest BCUT2D eigenvalue weighted by molar-refractivity contribution is -0.148. The zero-order chi connectivity index (χ0) is 15.6. The molecule has 2 saturated heterocycles. The quantitative estimate of drug-likeness (QED) is 0.688. The first-order valence-electron chi connectivity index (χ1n) is 7.39. The van der Waals surface area contributed by atoms with Crippen LogP contribution in [0.1, 0.15) is 20.3 Å². The summed E-state index contributed by atoms with van der Waals surface area (Å²) in [4.78, 5) is 25.7. The number of hydrogen-bond acceptors (Lipinski definition) is 4. The number of amides is 2. The van der Waals surface area contributed by atoms with Gasteiger partial charge in [0.2, 0.25) is 0 Å². The molecule has 7 nitrogen and oxygen atoms in total. The van der Waals surface area contributed by atoms with Gasteiger partial charge in [0.15, 0.2) is 0 Å². The van der Waals surface area contributed by atoms with Gasteiger partial charge in [-0.25, -0.2) is 4.79 Å². The first-order chi connectivity index (χ1) is 9.83. The predicted octanol–water partition coefficient (Wildman–Crippen LogP) is 0.116. The molecule has 2 rings (SSSR count). The third-order valence-corrected chi connectivity index (χ3v) is 4.67. The van der Waals surface area contributed by atoms with Crippen LogP contribution in [0.15, 0.2) is 0 Å². The van der Waals surface area contributed by atoms with Crippen LogP contribution in [-0.2, 0) is 9.53 Å². The Kier molecular flexibility index (Phi) is 4.73. The number of carboxylic acid groups (broad SMARTS) is 1. The predicted molar refractivity (Wildman–Crippen MR) is 77.1 cm³/mol. The number of likely N-dealkylation sites (tertiary alicyclic amines) is 1. The number of carbonyl (C=O) groups excluding carboxylic acids is 1. The standard InChI is InChI=1S/C14H25N3O4/c1-9-6-17(3)5-4-10(9)15-13(20)16-11-7-21-8-14(11,2)12(18)19/h9-11H,4-8H2,1-3H3,(H,18,19)(H2,15,16,20). The fourth-order valence-corrected chi connectivity index (χ4v) is 3.02. The molecule has 2 aliphatic heterocycles. The Morgan fingerprint density at radius 2 is 2.10 bits per heavy atom. The zero-order valence-electron chi connectivity index (χ0n) is 12.9. The SMILES string of the molecule is CC1CN(C)CCC1NC(=O)NC1COCC1(C)C(=O)O. The molecule has 0 aliphatic carbocycles. The highest BCUT2D eigenvalue weighted by atomic mass is 16.5. The summed E-state index contributed by atoms with van der Waals surface area (Å²) >= 11 is 0. The number of urea groups is 1. The molecule has 21 heavy (non-hydrogen) atoms. The van der Waals surface area contributed by atoms with E-state index in [0.717, 1.165) is 19.5 Å². The lowest BCUT2D eigenvalue weighted by Crippen LogP contribution is -2.56. The van der Waals surface area contributed by atoms with E-state index in [4.69, 9.17) is 4.74 Å². The largest absolute Gasteiger partial charge is 0.481 e. The molecule has 2 aliphatic rings. The number of nitrogens with zero attached hydrogens (tertiary/aromatic N) is 1. The van der Waals surface area contributed by atoms with E-state index in [1.54, 1.807) is 6.92 Å². The van der Waals surface area contributed by atoms with Gasteiger partial charge in [-0.15, -0.1) is 0 Å². The maximum atomic E-state index is 12.1. The molecule has 4 atom stereocenters. The van der Waals surface area contributed by atoms with E-state index in [9.17, 15) is 14.7 Å². The molecule has 0 aromatic heterocycles. The summed E-state index contributed by atoms with van der Waals surface area (Å²) < 4.78 is 5.23.